The fraction of sp³-hybridized carbons (Fsp3) is 0.0513. The average molecular weight is 675 g/mol. The van der Waals surface area contributed by atoms with E-state index < -0.39 is 10.1 Å². The number of aromatic hydroxyl groups is 1. The summed E-state index contributed by atoms with van der Waals surface area (Å²) in [4.78, 5) is 4.47. The summed E-state index contributed by atoms with van der Waals surface area (Å²) in [6, 6.07) is 36.6. The second kappa shape index (κ2) is 15.0. The molecule has 0 spiro atoms. The van der Waals surface area contributed by atoms with Crippen LogP contribution in [0.4, 0.5) is 28.4 Å². The number of benzene rings is 5. The molecule has 0 radical (unpaired) electrons. The second-order valence-corrected chi connectivity index (χ2v) is 12.6. The number of nitrogens with one attached hydrogen (secondary N) is 2. The lowest BCUT2D eigenvalue weighted by Crippen LogP contribution is -3.00. The molecule has 0 saturated heterocycles. The summed E-state index contributed by atoms with van der Waals surface area (Å²) in [5.74, 6) is -0.0723. The van der Waals surface area contributed by atoms with Crippen molar-refractivity contribution in [3.05, 3.63) is 167 Å². The predicted octanol–water partition coefficient (Wildman–Crippen LogP) is 6.31. The zero-order chi connectivity index (χ0) is 32.8. The first-order valence-electron chi connectivity index (χ1n) is 15.0. The highest BCUT2D eigenvalue weighted by atomic mass is 35.5. The third-order valence-electron chi connectivity index (χ3n) is 7.61. The van der Waals surface area contributed by atoms with Gasteiger partial charge in [-0.05, 0) is 114 Å². The summed E-state index contributed by atoms with van der Waals surface area (Å²) in [6.45, 7) is 1.56. The average Bonchev–Trinajstić information content (AvgIpc) is 3.06. The number of rotatable bonds is 9. The van der Waals surface area contributed by atoms with E-state index in [-0.39, 0.29) is 28.7 Å². The fourth-order valence-electron chi connectivity index (χ4n) is 5.10. The first-order valence-corrected chi connectivity index (χ1v) is 16.5. The van der Waals surface area contributed by atoms with Crippen LogP contribution in [-0.2, 0) is 16.5 Å². The lowest BCUT2D eigenvalue weighted by Gasteiger charge is -2.13. The van der Waals surface area contributed by atoms with Crippen molar-refractivity contribution in [3.8, 4) is 5.75 Å². The Hall–Kier alpha value is -5.41. The number of phenolic OH excluding ortho intramolecular Hbond substituents is 1. The first-order chi connectivity index (χ1) is 22.7. The smallest absolute Gasteiger partial charge is 0.296 e. The lowest BCUT2D eigenvalue weighted by atomic mass is 10.0. The van der Waals surface area contributed by atoms with Gasteiger partial charge in [0.05, 0.1) is 17.1 Å². The minimum absolute atomic E-state index is 0. The van der Waals surface area contributed by atoms with Gasteiger partial charge in [-0.3, -0.25) is 4.55 Å². The van der Waals surface area contributed by atoms with Gasteiger partial charge in [-0.15, -0.1) is 0 Å². The lowest BCUT2D eigenvalue weighted by molar-refractivity contribution is -0.0000143. The molecule has 0 bridgehead atoms. The maximum Gasteiger partial charge on any atom is 0.296 e. The quantitative estimate of drug-likeness (QED) is 0.136. The molecule has 0 aliphatic heterocycles. The molecule has 7 nitrogen and oxygen atoms in total. The van der Waals surface area contributed by atoms with E-state index >= 15 is 0 Å². The molecule has 0 aromatic heterocycles. The summed E-state index contributed by atoms with van der Waals surface area (Å²) >= 11 is 0. The topological polar surface area (TPSA) is 111 Å². The van der Waals surface area contributed by atoms with E-state index in [0.717, 1.165) is 45.0 Å². The Morgan fingerprint density at radius 1 is 0.708 bits per heavy atom. The van der Waals surface area contributed by atoms with Crippen LogP contribution in [0.1, 0.15) is 22.3 Å². The van der Waals surface area contributed by atoms with Crippen LogP contribution in [0.2, 0.25) is 0 Å². The van der Waals surface area contributed by atoms with Gasteiger partial charge in [0.25, 0.3) is 10.1 Å². The number of halogens is 1. The molecule has 0 unspecified atom stereocenters. The summed E-state index contributed by atoms with van der Waals surface area (Å²) in [7, 11) is -4.47. The summed E-state index contributed by atoms with van der Waals surface area (Å²) in [5.41, 5.74) is 9.30. The highest BCUT2D eigenvalue weighted by molar-refractivity contribution is 7.86. The molecule has 0 heterocycles. The number of anilines is 4. The minimum atomic E-state index is -4.47. The van der Waals surface area contributed by atoms with Gasteiger partial charge < -0.3 is 28.1 Å². The van der Waals surface area contributed by atoms with Crippen LogP contribution in [0.25, 0.3) is 6.08 Å². The highest BCUT2D eigenvalue weighted by Crippen LogP contribution is 2.32. The highest BCUT2D eigenvalue weighted by Gasteiger charge is 2.18. The molecular weight excluding hydrogens is 642 g/mol. The number of phenols is 1. The molecule has 5 aromatic carbocycles. The minimum Gasteiger partial charge on any atom is -1.00 e. The fourth-order valence-corrected chi connectivity index (χ4v) is 5.82. The number of nitrogens with zero attached hydrogens (tertiary/aromatic N) is 1. The SMILES string of the molecule is Cc1cc(S(=O)(=O)O)c(Nc2ccc(Cc3ccc(N=C4C=CC(=Cc5ccc(Nc6ccccc6)cc5)C=C4)cc3)cc2)cc1O.[Cl-]. The van der Waals surface area contributed by atoms with Crippen LogP contribution < -0.4 is 23.0 Å². The van der Waals surface area contributed by atoms with Crippen LogP contribution in [0.5, 0.6) is 5.75 Å². The van der Waals surface area contributed by atoms with E-state index in [1.807, 2.05) is 78.9 Å². The Morgan fingerprint density at radius 3 is 1.90 bits per heavy atom. The van der Waals surface area contributed by atoms with E-state index in [1.54, 1.807) is 6.92 Å². The Bertz CT molecular complexity index is 2110. The monoisotopic (exact) mass is 674 g/mol. The molecular formula is C39H33ClN3O4S-. The molecule has 0 saturated carbocycles. The maximum atomic E-state index is 11.8. The number of hydrogen-bond donors (Lipinski definition) is 4. The molecule has 242 valence electrons. The Kier molecular flexibility index (Phi) is 10.6. The van der Waals surface area contributed by atoms with E-state index in [9.17, 15) is 18.1 Å². The van der Waals surface area contributed by atoms with Crippen molar-refractivity contribution in [2.24, 2.45) is 4.99 Å². The van der Waals surface area contributed by atoms with Gasteiger partial charge in [-0.1, -0.05) is 66.7 Å². The maximum absolute atomic E-state index is 11.8. The van der Waals surface area contributed by atoms with Crippen molar-refractivity contribution >= 4 is 50.3 Å². The van der Waals surface area contributed by atoms with Gasteiger partial charge in [-0.2, -0.15) is 8.42 Å². The molecule has 1 aliphatic carbocycles. The van der Waals surface area contributed by atoms with Crippen LogP contribution in [0.15, 0.2) is 155 Å². The van der Waals surface area contributed by atoms with Gasteiger partial charge in [0.15, 0.2) is 0 Å². The van der Waals surface area contributed by atoms with E-state index in [1.165, 1.54) is 12.1 Å². The number of aryl methyl sites for hydroxylation is 1. The number of hydrogen-bond acceptors (Lipinski definition) is 6. The van der Waals surface area contributed by atoms with Crippen molar-refractivity contribution in [1.29, 1.82) is 0 Å². The zero-order valence-electron chi connectivity index (χ0n) is 26.0. The molecule has 0 atom stereocenters. The number of para-hydroxylation sites is 1. The molecule has 48 heavy (non-hydrogen) atoms. The first kappa shape index (κ1) is 33.9. The van der Waals surface area contributed by atoms with Crippen molar-refractivity contribution in [2.75, 3.05) is 10.6 Å². The largest absolute Gasteiger partial charge is 1.00 e. The Labute approximate surface area is 286 Å². The third kappa shape index (κ3) is 8.89. The van der Waals surface area contributed by atoms with Crippen LogP contribution >= 0.6 is 0 Å². The van der Waals surface area contributed by atoms with Crippen molar-refractivity contribution in [2.45, 2.75) is 18.2 Å². The molecule has 6 rings (SSSR count). The molecule has 1 aliphatic rings. The van der Waals surface area contributed by atoms with Gasteiger partial charge in [0.1, 0.15) is 10.6 Å². The van der Waals surface area contributed by atoms with E-state index in [4.69, 9.17) is 4.99 Å². The van der Waals surface area contributed by atoms with Gasteiger partial charge in [0.2, 0.25) is 0 Å². The standard InChI is InChI=1S/C39H33N3O4S.ClH/c1-27-23-39(47(44,45)46)37(26-38(27)43)42-36-21-13-31(14-22-36)25-30-11-19-35(20-12-30)41-34-17-9-29(10-18-34)24-28-7-15-33(16-8-28)40-32-5-3-2-4-6-32;/h2-24,26,40,42-43H,25H2,1H3,(H,44,45,46);1H/p-1. The van der Waals surface area contributed by atoms with Gasteiger partial charge in [-0.25, -0.2) is 4.99 Å². The summed E-state index contributed by atoms with van der Waals surface area (Å²) in [6.07, 6.45) is 11.0. The Morgan fingerprint density at radius 2 is 1.27 bits per heavy atom. The third-order valence-corrected chi connectivity index (χ3v) is 8.50. The number of allylic oxidation sites excluding steroid dienone is 5. The van der Waals surface area contributed by atoms with E-state index in [0.29, 0.717) is 17.7 Å². The number of aliphatic imine (C=N–C) groups is 1. The van der Waals surface area contributed by atoms with Crippen LogP contribution in [0.3, 0.4) is 0 Å². The Balaban J connectivity index is 0.00000451. The van der Waals surface area contributed by atoms with Crippen molar-refractivity contribution < 1.29 is 30.5 Å². The second-order valence-electron chi connectivity index (χ2n) is 11.2. The molecule has 0 fully saturated rings. The predicted molar refractivity (Wildman–Crippen MR) is 191 cm³/mol. The van der Waals surface area contributed by atoms with E-state index in [2.05, 4.69) is 65.3 Å². The van der Waals surface area contributed by atoms with Crippen LogP contribution in [-0.4, -0.2) is 23.8 Å². The van der Waals surface area contributed by atoms with Crippen molar-refractivity contribution in [1.82, 2.24) is 0 Å². The summed E-state index contributed by atoms with van der Waals surface area (Å²) < 4.78 is 33.3. The molecule has 4 N–H and O–H groups in total. The molecule has 9 heteroatoms. The van der Waals surface area contributed by atoms with Gasteiger partial charge >= 0.3 is 0 Å². The zero-order valence-corrected chi connectivity index (χ0v) is 27.6. The molecule has 5 aromatic rings. The van der Waals surface area contributed by atoms with Gasteiger partial charge in [0, 0.05) is 23.1 Å². The molecule has 0 amide bonds. The van der Waals surface area contributed by atoms with Crippen LogP contribution in [0, 0.1) is 6.92 Å². The summed E-state index contributed by atoms with van der Waals surface area (Å²) in [5, 5.41) is 16.4. The van der Waals surface area contributed by atoms with Crippen molar-refractivity contribution in [3.63, 3.8) is 0 Å². The normalized spacial score (nSPS) is 12.3.